The van der Waals surface area contributed by atoms with Gasteiger partial charge in [0.15, 0.2) is 0 Å². The van der Waals surface area contributed by atoms with Gasteiger partial charge in [-0.25, -0.2) is 4.98 Å². The monoisotopic (exact) mass is 112 g/mol. The van der Waals surface area contributed by atoms with Crippen LogP contribution in [0.2, 0.25) is 0 Å². The van der Waals surface area contributed by atoms with Crippen molar-refractivity contribution < 1.29 is 5.21 Å². The molecule has 1 aromatic heterocycles. The van der Waals surface area contributed by atoms with Crippen molar-refractivity contribution in [3.05, 3.63) is 28.9 Å². The van der Waals surface area contributed by atoms with E-state index in [1.54, 1.807) is 0 Å². The number of hydrogen-bond acceptors (Lipinski definition) is 3. The second-order valence-electron chi connectivity index (χ2n) is 1.26. The number of rotatable bonds is 0. The van der Waals surface area contributed by atoms with Gasteiger partial charge in [-0.05, 0) is 0 Å². The van der Waals surface area contributed by atoms with Gasteiger partial charge in [-0.2, -0.15) is 0 Å². The molecule has 1 rings (SSSR count). The van der Waals surface area contributed by atoms with Crippen molar-refractivity contribution in [3.63, 3.8) is 0 Å². The van der Waals surface area contributed by atoms with Gasteiger partial charge < -0.3 is 5.21 Å². The van der Waals surface area contributed by atoms with E-state index < -0.39 is 5.56 Å². The van der Waals surface area contributed by atoms with Gasteiger partial charge in [0.2, 0.25) is 0 Å². The fourth-order valence-electron chi connectivity index (χ4n) is 0.342. The van der Waals surface area contributed by atoms with Crippen LogP contribution in [0.1, 0.15) is 0 Å². The summed E-state index contributed by atoms with van der Waals surface area (Å²) in [5, 5.41) is 8.46. The van der Waals surface area contributed by atoms with E-state index in [2.05, 4.69) is 4.98 Å². The summed E-state index contributed by atoms with van der Waals surface area (Å²) >= 11 is 0. The third-order valence-electron chi connectivity index (χ3n) is 0.705. The van der Waals surface area contributed by atoms with Crippen molar-refractivity contribution in [1.29, 1.82) is 0 Å². The van der Waals surface area contributed by atoms with Crippen molar-refractivity contribution >= 4 is 0 Å². The highest BCUT2D eigenvalue weighted by Gasteiger charge is 1.83. The molecule has 0 saturated heterocycles. The molecular formula is C4H4N2O2. The molecule has 0 saturated carbocycles. The Morgan fingerprint density at radius 2 is 2.50 bits per heavy atom. The lowest BCUT2D eigenvalue weighted by Crippen LogP contribution is -2.15. The molecule has 0 aliphatic heterocycles. The first-order valence-corrected chi connectivity index (χ1v) is 2.02. The Balaban J connectivity index is 3.35. The normalized spacial score (nSPS) is 9.00. The van der Waals surface area contributed by atoms with E-state index in [-0.39, 0.29) is 0 Å². The van der Waals surface area contributed by atoms with Crippen molar-refractivity contribution in [1.82, 2.24) is 9.71 Å². The molecule has 0 bridgehead atoms. The quantitative estimate of drug-likeness (QED) is 0.459. The van der Waals surface area contributed by atoms with Crippen molar-refractivity contribution in [3.8, 4) is 0 Å². The molecule has 42 valence electrons. The van der Waals surface area contributed by atoms with E-state index in [9.17, 15) is 4.79 Å². The molecule has 0 amide bonds. The number of nitrogens with zero attached hydrogens (tertiary/aromatic N) is 2. The standard InChI is InChI=1S/C4H4N2O2/c7-4-1-2-5-3-6(4)8/h1-3,8H. The van der Waals surface area contributed by atoms with Crippen LogP contribution in [0.3, 0.4) is 0 Å². The van der Waals surface area contributed by atoms with Crippen LogP contribution in [0, 0.1) is 0 Å². The molecule has 0 aliphatic carbocycles. The van der Waals surface area contributed by atoms with Gasteiger partial charge in [-0.1, -0.05) is 0 Å². The van der Waals surface area contributed by atoms with E-state index in [1.165, 1.54) is 12.3 Å². The van der Waals surface area contributed by atoms with Gasteiger partial charge in [0.1, 0.15) is 6.33 Å². The molecule has 0 spiro atoms. The minimum absolute atomic E-state index is 0.417. The van der Waals surface area contributed by atoms with Crippen LogP contribution >= 0.6 is 0 Å². The summed E-state index contributed by atoms with van der Waals surface area (Å²) in [7, 11) is 0. The van der Waals surface area contributed by atoms with Crippen molar-refractivity contribution in [2.45, 2.75) is 0 Å². The molecule has 0 radical (unpaired) electrons. The Kier molecular flexibility index (Phi) is 0.997. The molecule has 0 aromatic carbocycles. The highest BCUT2D eigenvalue weighted by Crippen LogP contribution is 1.64. The van der Waals surface area contributed by atoms with E-state index >= 15 is 0 Å². The third kappa shape index (κ3) is 0.676. The summed E-state index contributed by atoms with van der Waals surface area (Å²) in [4.78, 5) is 13.8. The first kappa shape index (κ1) is 4.83. The van der Waals surface area contributed by atoms with Gasteiger partial charge >= 0.3 is 0 Å². The fourth-order valence-corrected chi connectivity index (χ4v) is 0.342. The average molecular weight is 112 g/mol. The zero-order valence-corrected chi connectivity index (χ0v) is 3.98. The van der Waals surface area contributed by atoms with Gasteiger partial charge in [0.25, 0.3) is 5.56 Å². The topological polar surface area (TPSA) is 55.1 Å². The zero-order chi connectivity index (χ0) is 5.98. The largest absolute Gasteiger partial charge is 0.424 e. The molecule has 0 unspecified atom stereocenters. The fraction of sp³-hybridized carbons (Fsp3) is 0. The molecule has 4 nitrogen and oxygen atoms in total. The summed E-state index contributed by atoms with van der Waals surface area (Å²) in [6.45, 7) is 0. The van der Waals surface area contributed by atoms with E-state index in [0.717, 1.165) is 6.33 Å². The van der Waals surface area contributed by atoms with Crippen LogP contribution in [-0.4, -0.2) is 14.9 Å². The van der Waals surface area contributed by atoms with Gasteiger partial charge in [0, 0.05) is 12.3 Å². The minimum atomic E-state index is -0.472. The van der Waals surface area contributed by atoms with Gasteiger partial charge in [-0.15, -0.1) is 4.73 Å². The minimum Gasteiger partial charge on any atom is -0.424 e. The number of aromatic nitrogens is 2. The smallest absolute Gasteiger partial charge is 0.285 e. The van der Waals surface area contributed by atoms with Crippen LogP contribution in [-0.2, 0) is 0 Å². The lowest BCUT2D eigenvalue weighted by atomic mass is 10.7. The van der Waals surface area contributed by atoms with Gasteiger partial charge in [0.05, 0.1) is 0 Å². The Hall–Kier alpha value is -1.32. The molecule has 8 heavy (non-hydrogen) atoms. The number of hydrogen-bond donors (Lipinski definition) is 1. The van der Waals surface area contributed by atoms with Crippen LogP contribution < -0.4 is 5.56 Å². The molecule has 1 heterocycles. The maximum atomic E-state index is 10.3. The van der Waals surface area contributed by atoms with Crippen molar-refractivity contribution in [2.75, 3.05) is 0 Å². The summed E-state index contributed by atoms with van der Waals surface area (Å²) in [6, 6.07) is 1.17. The predicted octanol–water partition coefficient (Wildman–Crippen LogP) is -0.519. The molecule has 4 heteroatoms. The van der Waals surface area contributed by atoms with E-state index in [4.69, 9.17) is 5.21 Å². The van der Waals surface area contributed by atoms with Crippen LogP contribution in [0.4, 0.5) is 0 Å². The second-order valence-corrected chi connectivity index (χ2v) is 1.26. The molecule has 0 fully saturated rings. The molecule has 0 aliphatic rings. The highest BCUT2D eigenvalue weighted by atomic mass is 16.5. The average Bonchev–Trinajstić information content (AvgIpc) is 1.77. The lowest BCUT2D eigenvalue weighted by Gasteiger charge is -1.87. The Morgan fingerprint density at radius 1 is 1.75 bits per heavy atom. The van der Waals surface area contributed by atoms with Crippen LogP contribution in [0.15, 0.2) is 23.4 Å². The summed E-state index contributed by atoms with van der Waals surface area (Å²) in [5.41, 5.74) is -0.472. The highest BCUT2D eigenvalue weighted by molar-refractivity contribution is 4.78. The van der Waals surface area contributed by atoms with Crippen LogP contribution in [0.5, 0.6) is 0 Å². The van der Waals surface area contributed by atoms with Crippen molar-refractivity contribution in [2.24, 2.45) is 0 Å². The van der Waals surface area contributed by atoms with E-state index in [0.29, 0.717) is 4.73 Å². The first-order chi connectivity index (χ1) is 3.80. The SMILES string of the molecule is O=c1ccncn1O. The summed E-state index contributed by atoms with van der Waals surface area (Å²) in [5.74, 6) is 0. The Bertz CT molecular complexity index is 229. The van der Waals surface area contributed by atoms with E-state index in [1.807, 2.05) is 0 Å². The first-order valence-electron chi connectivity index (χ1n) is 2.02. The Morgan fingerprint density at radius 3 is 2.88 bits per heavy atom. The molecule has 0 atom stereocenters. The summed E-state index contributed by atoms with van der Waals surface area (Å²) in [6.07, 6.45) is 2.34. The maximum Gasteiger partial charge on any atom is 0.285 e. The molecular weight excluding hydrogens is 108 g/mol. The predicted molar refractivity (Wildman–Crippen MR) is 25.7 cm³/mol. The third-order valence-corrected chi connectivity index (χ3v) is 0.705. The van der Waals surface area contributed by atoms with Gasteiger partial charge in [-0.3, -0.25) is 4.79 Å². The molecule has 1 N–H and O–H groups in total. The van der Waals surface area contributed by atoms with Crippen LogP contribution in [0.25, 0.3) is 0 Å². The molecule has 1 aromatic rings. The summed E-state index contributed by atoms with van der Waals surface area (Å²) < 4.78 is 0.417. The second kappa shape index (κ2) is 1.65. The Labute approximate surface area is 45.0 Å². The lowest BCUT2D eigenvalue weighted by molar-refractivity contribution is 0.171. The zero-order valence-electron chi connectivity index (χ0n) is 3.98. The maximum absolute atomic E-state index is 10.3.